The molecule has 2 heterocycles. The average Bonchev–Trinajstić information content (AvgIpc) is 2.79. The maximum atomic E-state index is 14.2. The van der Waals surface area contributed by atoms with Crippen molar-refractivity contribution >= 4 is 45.2 Å². The second-order valence-corrected chi connectivity index (χ2v) is 10.6. The summed E-state index contributed by atoms with van der Waals surface area (Å²) >= 11 is 7.00. The highest BCUT2D eigenvalue weighted by Crippen LogP contribution is 2.27. The number of hydrogen-bond donors (Lipinski definition) is 3. The third-order valence-electron chi connectivity index (χ3n) is 5.11. The molecule has 0 bridgehead atoms. The molecule has 0 spiro atoms. The van der Waals surface area contributed by atoms with Crippen molar-refractivity contribution in [1.82, 2.24) is 19.2 Å². The number of halogens is 2. The highest BCUT2D eigenvalue weighted by molar-refractivity contribution is 7.98. The zero-order chi connectivity index (χ0) is 24.0. The highest BCUT2D eigenvalue weighted by Gasteiger charge is 2.27. The van der Waals surface area contributed by atoms with Crippen molar-refractivity contribution < 1.29 is 17.9 Å². The molecule has 0 saturated carbocycles. The normalized spacial score (nSPS) is 16.5. The fourth-order valence-electron chi connectivity index (χ4n) is 3.20. The van der Waals surface area contributed by atoms with Crippen molar-refractivity contribution in [2.75, 3.05) is 49.4 Å². The van der Waals surface area contributed by atoms with E-state index in [0.717, 1.165) is 18.3 Å². The number of hydrogen-bond acceptors (Lipinski definition) is 8. The Morgan fingerprint density at radius 3 is 2.61 bits per heavy atom. The van der Waals surface area contributed by atoms with Crippen LogP contribution < -0.4 is 10.0 Å². The molecule has 1 aliphatic heterocycles. The summed E-state index contributed by atoms with van der Waals surface area (Å²) in [6, 6.07) is 5.89. The van der Waals surface area contributed by atoms with Gasteiger partial charge in [-0.05, 0) is 25.1 Å². The number of likely N-dealkylation sites (N-methyl/N-ethyl adjacent to an activating group) is 1. The van der Waals surface area contributed by atoms with Crippen molar-refractivity contribution in [3.05, 3.63) is 40.7 Å². The molecule has 182 valence electrons. The Morgan fingerprint density at radius 1 is 1.24 bits per heavy atom. The molecule has 1 fully saturated rings. The van der Waals surface area contributed by atoms with E-state index in [0.29, 0.717) is 37.6 Å². The summed E-state index contributed by atoms with van der Waals surface area (Å²) < 4.78 is 44.0. The van der Waals surface area contributed by atoms with E-state index < -0.39 is 16.0 Å². The van der Waals surface area contributed by atoms with E-state index in [1.807, 2.05) is 6.92 Å². The van der Waals surface area contributed by atoms with Crippen LogP contribution in [0.25, 0.3) is 0 Å². The Labute approximate surface area is 202 Å². The lowest BCUT2D eigenvalue weighted by molar-refractivity contribution is 0.197. The molecular weight excluding hydrogens is 491 g/mol. The molecule has 0 amide bonds. The number of anilines is 2. The van der Waals surface area contributed by atoms with Gasteiger partial charge in [-0.1, -0.05) is 42.4 Å². The molecule has 2 aromatic rings. The van der Waals surface area contributed by atoms with E-state index >= 15 is 0 Å². The van der Waals surface area contributed by atoms with Gasteiger partial charge in [-0.2, -0.15) is 12.7 Å². The predicted octanol–water partition coefficient (Wildman–Crippen LogP) is 2.65. The van der Waals surface area contributed by atoms with Gasteiger partial charge in [0.1, 0.15) is 17.5 Å². The third kappa shape index (κ3) is 7.14. The molecule has 1 saturated heterocycles. The molecule has 1 aliphatic rings. The minimum atomic E-state index is -3.81. The standard InChI is InChI=1S/C20H28ClFN6O3S2/c1-3-27-7-9-28(10-8-27)33(30,31)26-18-11-17(23-14(2)12-29)24-20(25-18)32-13-15-5-4-6-16(21)19(15)22/h4-6,11,14,29H,3,7-10,12-13H2,1-2H3,(H2,23,24,25,26)/t14-/m1/s1. The van der Waals surface area contributed by atoms with E-state index in [-0.39, 0.29) is 34.4 Å². The number of thioether (sulfide) groups is 1. The van der Waals surface area contributed by atoms with Gasteiger partial charge in [-0.25, -0.2) is 14.4 Å². The molecule has 13 heteroatoms. The molecule has 0 aliphatic carbocycles. The van der Waals surface area contributed by atoms with E-state index in [2.05, 4.69) is 24.9 Å². The fourth-order valence-corrected chi connectivity index (χ4v) is 5.37. The molecule has 1 aromatic heterocycles. The largest absolute Gasteiger partial charge is 0.394 e. The van der Waals surface area contributed by atoms with Crippen LogP contribution in [-0.2, 0) is 16.0 Å². The van der Waals surface area contributed by atoms with Crippen molar-refractivity contribution in [1.29, 1.82) is 0 Å². The molecule has 0 radical (unpaired) electrons. The van der Waals surface area contributed by atoms with Gasteiger partial charge in [0.2, 0.25) is 0 Å². The van der Waals surface area contributed by atoms with Gasteiger partial charge in [-0.3, -0.25) is 4.72 Å². The van der Waals surface area contributed by atoms with Crippen molar-refractivity contribution in [2.45, 2.75) is 30.8 Å². The molecule has 9 nitrogen and oxygen atoms in total. The van der Waals surface area contributed by atoms with E-state index in [4.69, 9.17) is 11.6 Å². The summed E-state index contributed by atoms with van der Waals surface area (Å²) in [6.07, 6.45) is 0. The van der Waals surface area contributed by atoms with Gasteiger partial charge in [0.25, 0.3) is 0 Å². The maximum absolute atomic E-state index is 14.2. The first kappa shape index (κ1) is 25.9. The second-order valence-electron chi connectivity index (χ2n) is 7.59. The number of nitrogens with one attached hydrogen (secondary N) is 2. The molecular formula is C20H28ClFN6O3S2. The Morgan fingerprint density at radius 2 is 1.94 bits per heavy atom. The van der Waals surface area contributed by atoms with Gasteiger partial charge >= 0.3 is 10.2 Å². The Bertz CT molecular complexity index is 1050. The monoisotopic (exact) mass is 518 g/mol. The second kappa shape index (κ2) is 11.6. The van der Waals surface area contributed by atoms with Gasteiger partial charge in [0.15, 0.2) is 5.16 Å². The van der Waals surface area contributed by atoms with Gasteiger partial charge < -0.3 is 15.3 Å². The van der Waals surface area contributed by atoms with Crippen LogP contribution in [0.5, 0.6) is 0 Å². The quantitative estimate of drug-likeness (QED) is 0.325. The number of benzene rings is 1. The number of nitrogens with zero attached hydrogens (tertiary/aromatic N) is 4. The lowest BCUT2D eigenvalue weighted by Crippen LogP contribution is -2.50. The van der Waals surface area contributed by atoms with Crippen LogP contribution in [0.1, 0.15) is 19.4 Å². The number of aliphatic hydroxyl groups excluding tert-OH is 1. The maximum Gasteiger partial charge on any atom is 0.302 e. The summed E-state index contributed by atoms with van der Waals surface area (Å²) in [5.41, 5.74) is 0.383. The highest BCUT2D eigenvalue weighted by atomic mass is 35.5. The Balaban J connectivity index is 1.79. The number of aromatic nitrogens is 2. The fraction of sp³-hybridized carbons (Fsp3) is 0.500. The van der Waals surface area contributed by atoms with Crippen molar-refractivity contribution in [2.24, 2.45) is 0 Å². The van der Waals surface area contributed by atoms with Gasteiger partial charge in [0, 0.05) is 44.0 Å². The molecule has 0 unspecified atom stereocenters. The van der Waals surface area contributed by atoms with Gasteiger partial charge in [0.05, 0.1) is 11.6 Å². The Hall–Kier alpha value is -1.70. The number of rotatable bonds is 10. The zero-order valence-corrected chi connectivity index (χ0v) is 20.9. The van der Waals surface area contributed by atoms with Crippen LogP contribution in [0.4, 0.5) is 16.0 Å². The zero-order valence-electron chi connectivity index (χ0n) is 18.5. The van der Waals surface area contributed by atoms with Crippen LogP contribution in [-0.4, -0.2) is 78.1 Å². The van der Waals surface area contributed by atoms with Crippen molar-refractivity contribution in [3.8, 4) is 0 Å². The van der Waals surface area contributed by atoms with Crippen LogP contribution in [0.2, 0.25) is 5.02 Å². The van der Waals surface area contributed by atoms with Crippen LogP contribution in [0.3, 0.4) is 0 Å². The predicted molar refractivity (Wildman–Crippen MR) is 129 cm³/mol. The smallest absolute Gasteiger partial charge is 0.302 e. The first-order valence-electron chi connectivity index (χ1n) is 10.5. The summed E-state index contributed by atoms with van der Waals surface area (Å²) in [4.78, 5) is 10.9. The van der Waals surface area contributed by atoms with Crippen LogP contribution in [0.15, 0.2) is 29.4 Å². The third-order valence-corrected chi connectivity index (χ3v) is 7.81. The minimum Gasteiger partial charge on any atom is -0.394 e. The number of piperazine rings is 1. The average molecular weight is 519 g/mol. The lowest BCUT2D eigenvalue weighted by Gasteiger charge is -2.33. The molecule has 33 heavy (non-hydrogen) atoms. The summed E-state index contributed by atoms with van der Waals surface area (Å²) in [7, 11) is -3.81. The summed E-state index contributed by atoms with van der Waals surface area (Å²) in [5, 5.41) is 12.6. The summed E-state index contributed by atoms with van der Waals surface area (Å²) in [5.74, 6) is 0.122. The first-order chi connectivity index (χ1) is 15.7. The van der Waals surface area contributed by atoms with Crippen LogP contribution in [0, 0.1) is 5.82 Å². The molecule has 3 rings (SSSR count). The van der Waals surface area contributed by atoms with Crippen LogP contribution >= 0.6 is 23.4 Å². The lowest BCUT2D eigenvalue weighted by atomic mass is 10.2. The number of aliphatic hydroxyl groups is 1. The van der Waals surface area contributed by atoms with E-state index in [1.165, 1.54) is 16.4 Å². The molecule has 3 N–H and O–H groups in total. The van der Waals surface area contributed by atoms with Gasteiger partial charge in [-0.15, -0.1) is 0 Å². The molecule has 1 aromatic carbocycles. The van der Waals surface area contributed by atoms with Crippen molar-refractivity contribution in [3.63, 3.8) is 0 Å². The summed E-state index contributed by atoms with van der Waals surface area (Å²) in [6.45, 7) is 6.63. The molecule has 1 atom stereocenters. The topological polar surface area (TPSA) is 111 Å². The first-order valence-corrected chi connectivity index (χ1v) is 13.3. The Kier molecular flexibility index (Phi) is 9.13. The minimum absolute atomic E-state index is 0.0258. The van der Waals surface area contributed by atoms with E-state index in [9.17, 15) is 17.9 Å². The SMILES string of the molecule is CCN1CCN(S(=O)(=O)Nc2cc(N[C@H](C)CO)nc(SCc3cccc(Cl)c3F)n2)CC1. The van der Waals surface area contributed by atoms with E-state index in [1.54, 1.807) is 19.1 Å².